The lowest BCUT2D eigenvalue weighted by Crippen LogP contribution is -2.28. The molecule has 0 N–H and O–H groups in total. The molecule has 1 aromatic carbocycles. The van der Waals surface area contributed by atoms with Gasteiger partial charge in [-0.2, -0.15) is 0 Å². The van der Waals surface area contributed by atoms with Crippen LogP contribution in [0.25, 0.3) is 0 Å². The molecule has 5 heteroatoms. The fraction of sp³-hybridized carbons (Fsp3) is 0.533. The molecule has 0 atom stereocenters. The molecule has 20 heavy (non-hydrogen) atoms. The first-order valence-electron chi connectivity index (χ1n) is 6.97. The molecule has 1 aromatic rings. The van der Waals surface area contributed by atoms with Crippen molar-refractivity contribution in [2.75, 3.05) is 20.3 Å². The summed E-state index contributed by atoms with van der Waals surface area (Å²) in [6.45, 7) is 4.58. The van der Waals surface area contributed by atoms with Gasteiger partial charge in [0.2, 0.25) is 0 Å². The quantitative estimate of drug-likeness (QED) is 0.795. The van der Waals surface area contributed by atoms with Gasteiger partial charge < -0.3 is 14.4 Å². The van der Waals surface area contributed by atoms with E-state index in [0.29, 0.717) is 29.5 Å². The van der Waals surface area contributed by atoms with Crippen molar-refractivity contribution in [1.29, 1.82) is 0 Å². The highest BCUT2D eigenvalue weighted by Gasteiger charge is 2.56. The van der Waals surface area contributed by atoms with Crippen LogP contribution in [0.1, 0.15) is 37.8 Å². The highest BCUT2D eigenvalue weighted by molar-refractivity contribution is 7.80. The lowest BCUT2D eigenvalue weighted by molar-refractivity contribution is 0.274. The molecule has 0 radical (unpaired) electrons. The number of ether oxygens (including phenoxy) is 2. The normalized spacial score (nSPS) is 18.4. The van der Waals surface area contributed by atoms with Gasteiger partial charge in [0.05, 0.1) is 24.3 Å². The van der Waals surface area contributed by atoms with Crippen LogP contribution >= 0.6 is 12.2 Å². The van der Waals surface area contributed by atoms with Crippen LogP contribution < -0.4 is 9.47 Å². The van der Waals surface area contributed by atoms with Crippen LogP contribution in [0.4, 0.5) is 4.39 Å². The molecular weight excluding hydrogens is 277 g/mol. The van der Waals surface area contributed by atoms with Crippen LogP contribution in [0.3, 0.4) is 0 Å². The fourth-order valence-electron chi connectivity index (χ4n) is 2.99. The predicted molar refractivity (Wildman–Crippen MR) is 79.1 cm³/mol. The van der Waals surface area contributed by atoms with Gasteiger partial charge in [0.15, 0.2) is 17.3 Å². The molecule has 1 fully saturated rings. The van der Waals surface area contributed by atoms with E-state index in [2.05, 4.69) is 0 Å². The molecule has 1 aliphatic heterocycles. The Morgan fingerprint density at radius 3 is 2.50 bits per heavy atom. The van der Waals surface area contributed by atoms with Gasteiger partial charge in [-0.1, -0.05) is 12.2 Å². The zero-order valence-electron chi connectivity index (χ0n) is 12.0. The first kappa shape index (κ1) is 13.6. The zero-order chi connectivity index (χ0) is 14.5. The lowest BCUT2D eigenvalue weighted by atomic mass is 10.0. The second kappa shape index (κ2) is 4.58. The van der Waals surface area contributed by atoms with Gasteiger partial charge in [0.25, 0.3) is 0 Å². The minimum Gasteiger partial charge on any atom is -0.490 e. The second-order valence-electron chi connectivity index (χ2n) is 5.20. The second-order valence-corrected chi connectivity index (χ2v) is 5.59. The van der Waals surface area contributed by atoms with Crippen molar-refractivity contribution in [3.8, 4) is 11.5 Å². The van der Waals surface area contributed by atoms with Crippen LogP contribution in [0.5, 0.6) is 11.5 Å². The molecule has 108 valence electrons. The third kappa shape index (κ3) is 1.65. The lowest BCUT2D eigenvalue weighted by Gasteiger charge is -2.21. The summed E-state index contributed by atoms with van der Waals surface area (Å²) in [4.78, 5) is 2.58. The Morgan fingerprint density at radius 2 is 1.95 bits per heavy atom. The van der Waals surface area contributed by atoms with E-state index in [1.807, 2.05) is 31.9 Å². The summed E-state index contributed by atoms with van der Waals surface area (Å²) in [6.07, 6.45) is 2.02. The van der Waals surface area contributed by atoms with E-state index in [4.69, 9.17) is 21.7 Å². The molecule has 1 heterocycles. The van der Waals surface area contributed by atoms with E-state index in [0.717, 1.165) is 18.4 Å². The molecule has 1 spiro atoms. The Labute approximate surface area is 123 Å². The standard InChI is InChI=1S/C15H18FNO2S/c1-4-18-10-8-9-11(12(16)13(10)19-5-2)14(20)17(3)15(9)6-7-15/h8H,4-7H2,1-3H3. The molecule has 0 saturated heterocycles. The van der Waals surface area contributed by atoms with Gasteiger partial charge in [0.1, 0.15) is 4.99 Å². The monoisotopic (exact) mass is 295 g/mol. The largest absolute Gasteiger partial charge is 0.490 e. The molecule has 2 aliphatic rings. The number of rotatable bonds is 4. The number of nitrogens with zero attached hydrogens (tertiary/aromatic N) is 1. The van der Waals surface area contributed by atoms with Crippen LogP contribution in [0.15, 0.2) is 6.07 Å². The number of benzene rings is 1. The Hall–Kier alpha value is -1.36. The summed E-state index contributed by atoms with van der Waals surface area (Å²) in [5.74, 6) is 0.282. The van der Waals surface area contributed by atoms with Crippen LogP contribution in [0, 0.1) is 5.82 Å². The van der Waals surface area contributed by atoms with Crippen LogP contribution in [-0.4, -0.2) is 30.1 Å². The zero-order valence-corrected chi connectivity index (χ0v) is 12.8. The smallest absolute Gasteiger partial charge is 0.197 e. The van der Waals surface area contributed by atoms with Gasteiger partial charge in [-0.05, 0) is 38.3 Å². The van der Waals surface area contributed by atoms with E-state index >= 15 is 0 Å². The van der Waals surface area contributed by atoms with Crippen molar-refractivity contribution in [3.05, 3.63) is 23.0 Å². The highest BCUT2D eigenvalue weighted by atomic mass is 32.1. The molecule has 0 bridgehead atoms. The Morgan fingerprint density at radius 1 is 1.30 bits per heavy atom. The summed E-state index contributed by atoms with van der Waals surface area (Å²) >= 11 is 5.41. The number of hydrogen-bond acceptors (Lipinski definition) is 3. The summed E-state index contributed by atoms with van der Waals surface area (Å²) in [6, 6.07) is 1.91. The average molecular weight is 295 g/mol. The number of halogens is 1. The molecule has 0 aromatic heterocycles. The first-order chi connectivity index (χ1) is 9.56. The van der Waals surface area contributed by atoms with Crippen molar-refractivity contribution in [3.63, 3.8) is 0 Å². The predicted octanol–water partition coefficient (Wildman–Crippen LogP) is 3.23. The maximum Gasteiger partial charge on any atom is 0.197 e. The summed E-state index contributed by atoms with van der Waals surface area (Å²) in [5, 5.41) is 0. The Bertz CT molecular complexity index is 584. The van der Waals surface area contributed by atoms with Crippen molar-refractivity contribution >= 4 is 17.2 Å². The molecule has 0 amide bonds. The molecule has 3 nitrogen and oxygen atoms in total. The fourth-order valence-corrected chi connectivity index (χ4v) is 3.37. The van der Waals surface area contributed by atoms with Crippen LogP contribution in [-0.2, 0) is 5.54 Å². The van der Waals surface area contributed by atoms with E-state index < -0.39 is 0 Å². The van der Waals surface area contributed by atoms with Gasteiger partial charge in [-0.3, -0.25) is 0 Å². The summed E-state index contributed by atoms with van der Waals surface area (Å²) in [5.41, 5.74) is 1.37. The molecular formula is C15H18FNO2S. The number of fused-ring (bicyclic) bond motifs is 2. The van der Waals surface area contributed by atoms with E-state index in [1.165, 1.54) is 0 Å². The topological polar surface area (TPSA) is 21.7 Å². The van der Waals surface area contributed by atoms with E-state index in [9.17, 15) is 4.39 Å². The SMILES string of the molecule is CCOc1cc2c(c(F)c1OCC)C(=S)N(C)C21CC1. The third-order valence-corrected chi connectivity index (χ3v) is 4.64. The van der Waals surface area contributed by atoms with E-state index in [-0.39, 0.29) is 17.1 Å². The minimum absolute atomic E-state index is 0.107. The summed E-state index contributed by atoms with van der Waals surface area (Å²) < 4.78 is 25.8. The maximum absolute atomic E-state index is 14.8. The molecule has 3 rings (SSSR count). The number of thiocarbonyl (C=S) groups is 1. The first-order valence-corrected chi connectivity index (χ1v) is 7.38. The van der Waals surface area contributed by atoms with E-state index in [1.54, 1.807) is 0 Å². The van der Waals surface area contributed by atoms with Gasteiger partial charge in [-0.25, -0.2) is 4.39 Å². The highest BCUT2D eigenvalue weighted by Crippen LogP contribution is 2.58. The maximum atomic E-state index is 14.8. The van der Waals surface area contributed by atoms with Gasteiger partial charge in [-0.15, -0.1) is 0 Å². The van der Waals surface area contributed by atoms with Crippen LogP contribution in [0.2, 0.25) is 0 Å². The minimum atomic E-state index is -0.381. The van der Waals surface area contributed by atoms with Crippen molar-refractivity contribution in [1.82, 2.24) is 4.90 Å². The van der Waals surface area contributed by atoms with Gasteiger partial charge in [0, 0.05) is 7.05 Å². The Kier molecular flexibility index (Phi) is 3.12. The molecule has 1 aliphatic carbocycles. The summed E-state index contributed by atoms with van der Waals surface area (Å²) in [7, 11) is 1.94. The molecule has 1 saturated carbocycles. The van der Waals surface area contributed by atoms with Gasteiger partial charge >= 0.3 is 0 Å². The Balaban J connectivity index is 2.20. The van der Waals surface area contributed by atoms with Crippen molar-refractivity contribution in [2.45, 2.75) is 32.2 Å². The third-order valence-electron chi connectivity index (χ3n) is 4.16. The average Bonchev–Trinajstić information content (AvgIpc) is 3.19. The number of hydrogen-bond donors (Lipinski definition) is 0. The molecule has 0 unspecified atom stereocenters. The van der Waals surface area contributed by atoms with Crippen molar-refractivity contribution in [2.24, 2.45) is 0 Å². The van der Waals surface area contributed by atoms with Crippen molar-refractivity contribution < 1.29 is 13.9 Å².